The van der Waals surface area contributed by atoms with Gasteiger partial charge < -0.3 is 19.7 Å². The summed E-state index contributed by atoms with van der Waals surface area (Å²) in [5, 5.41) is 4.10. The van der Waals surface area contributed by atoms with Crippen LogP contribution in [-0.4, -0.2) is 47.9 Å². The van der Waals surface area contributed by atoms with Gasteiger partial charge in [0.2, 0.25) is 0 Å². The first-order valence-electron chi connectivity index (χ1n) is 11.3. The molecule has 0 amide bonds. The maximum atomic E-state index is 13.7. The van der Waals surface area contributed by atoms with Crippen LogP contribution in [0.3, 0.4) is 0 Å². The van der Waals surface area contributed by atoms with Crippen LogP contribution in [0.2, 0.25) is 0 Å². The van der Waals surface area contributed by atoms with Crippen molar-refractivity contribution in [3.63, 3.8) is 0 Å². The molecule has 0 aliphatic carbocycles. The number of anilines is 2. The Morgan fingerprint density at radius 2 is 1.97 bits per heavy atom. The van der Waals surface area contributed by atoms with E-state index in [1.165, 1.54) is 6.07 Å². The Hall–Kier alpha value is -3.14. The first-order valence-corrected chi connectivity index (χ1v) is 11.3. The summed E-state index contributed by atoms with van der Waals surface area (Å²) in [7, 11) is 1.69. The molecule has 34 heavy (non-hydrogen) atoms. The number of nitrogens with one attached hydrogen (secondary N) is 1. The number of hydrogen-bond donors (Lipinski definition) is 1. The van der Waals surface area contributed by atoms with Crippen LogP contribution in [0.25, 0.3) is 10.9 Å². The molecule has 2 aromatic heterocycles. The van der Waals surface area contributed by atoms with Gasteiger partial charge >= 0.3 is 6.18 Å². The highest BCUT2D eigenvalue weighted by Crippen LogP contribution is 2.42. The molecule has 0 unspecified atom stereocenters. The third-order valence-electron chi connectivity index (χ3n) is 6.50. The average molecular weight is 473 g/mol. The molecule has 1 fully saturated rings. The number of alkyl halides is 3. The molecule has 2 aliphatic heterocycles. The van der Waals surface area contributed by atoms with Crippen LogP contribution in [0, 0.1) is 0 Å². The van der Waals surface area contributed by atoms with E-state index in [1.807, 2.05) is 13.0 Å². The number of methoxy groups -OCH3 is 1. The van der Waals surface area contributed by atoms with E-state index in [1.54, 1.807) is 26.3 Å². The van der Waals surface area contributed by atoms with E-state index in [2.05, 4.69) is 15.2 Å². The van der Waals surface area contributed by atoms with Gasteiger partial charge in [-0.2, -0.15) is 13.2 Å². The van der Waals surface area contributed by atoms with E-state index >= 15 is 0 Å². The lowest BCUT2D eigenvalue weighted by molar-refractivity contribution is -0.139. The van der Waals surface area contributed by atoms with Gasteiger partial charge in [-0.05, 0) is 25.5 Å². The van der Waals surface area contributed by atoms with Gasteiger partial charge in [0.1, 0.15) is 23.2 Å². The fraction of sp³-hybridized carbons (Fsp3) is 0.458. The second-order valence-corrected chi connectivity index (χ2v) is 8.88. The molecule has 5 rings (SSSR count). The molecule has 10 heteroatoms. The highest BCUT2D eigenvalue weighted by Gasteiger charge is 2.36. The molecule has 1 aromatic carbocycles. The number of para-hydroxylation sites is 1. The lowest BCUT2D eigenvalue weighted by atomic mass is 10.0. The quantitative estimate of drug-likeness (QED) is 0.565. The van der Waals surface area contributed by atoms with Crippen LogP contribution in [0.1, 0.15) is 49.2 Å². The van der Waals surface area contributed by atoms with Crippen molar-refractivity contribution in [2.24, 2.45) is 0 Å². The van der Waals surface area contributed by atoms with E-state index in [0.29, 0.717) is 29.1 Å². The summed E-state index contributed by atoms with van der Waals surface area (Å²) in [6, 6.07) is 5.56. The molecule has 2 atom stereocenters. The van der Waals surface area contributed by atoms with Crippen LogP contribution in [-0.2, 0) is 10.9 Å². The zero-order valence-corrected chi connectivity index (χ0v) is 19.2. The minimum Gasteiger partial charge on any atom is -0.493 e. The maximum absolute atomic E-state index is 13.7. The number of nitrogens with zero attached hydrogens (tertiary/aromatic N) is 4. The fourth-order valence-corrected chi connectivity index (χ4v) is 4.35. The van der Waals surface area contributed by atoms with Crippen molar-refractivity contribution < 1.29 is 22.6 Å². The van der Waals surface area contributed by atoms with Crippen molar-refractivity contribution in [1.82, 2.24) is 15.0 Å². The van der Waals surface area contributed by atoms with E-state index in [4.69, 9.17) is 19.4 Å². The summed E-state index contributed by atoms with van der Waals surface area (Å²) >= 11 is 0. The largest absolute Gasteiger partial charge is 0.493 e. The molecule has 7 nitrogen and oxygen atoms in total. The van der Waals surface area contributed by atoms with E-state index in [9.17, 15) is 13.2 Å². The fourth-order valence-electron chi connectivity index (χ4n) is 4.35. The summed E-state index contributed by atoms with van der Waals surface area (Å²) < 4.78 is 52.3. The molecule has 0 spiro atoms. The highest BCUT2D eigenvalue weighted by atomic mass is 19.4. The predicted octanol–water partition coefficient (Wildman–Crippen LogP) is 4.94. The molecule has 1 saturated heterocycles. The van der Waals surface area contributed by atoms with Gasteiger partial charge in [0.25, 0.3) is 0 Å². The van der Waals surface area contributed by atoms with Crippen molar-refractivity contribution in [2.45, 2.75) is 44.5 Å². The van der Waals surface area contributed by atoms with Crippen LogP contribution >= 0.6 is 0 Å². The molecule has 2 aliphatic rings. The standard InChI is InChI=1S/C24H26F3N5O2/c1-13-7-8-34-21-16(5-4-6-18(21)24(25,26)27)14(2)29-23-17-9-20(32-11-15(12-32)33-3)28-10-19(17)30-22(13)31-23/h4-6,9-10,13-15H,7-8,11-12H2,1-3H3,(H,29,30,31)/t13-,14-/m1/s1. The number of hydrogen-bond acceptors (Lipinski definition) is 7. The lowest BCUT2D eigenvalue weighted by Gasteiger charge is -2.39. The number of ether oxygens (including phenoxy) is 2. The van der Waals surface area contributed by atoms with Gasteiger partial charge in [-0.3, -0.25) is 0 Å². The minimum absolute atomic E-state index is 0.114. The van der Waals surface area contributed by atoms with Crippen molar-refractivity contribution >= 4 is 22.5 Å². The zero-order chi connectivity index (χ0) is 24.0. The van der Waals surface area contributed by atoms with Crippen molar-refractivity contribution in [1.29, 1.82) is 0 Å². The normalized spacial score (nSPS) is 21.2. The van der Waals surface area contributed by atoms with Gasteiger partial charge in [-0.25, -0.2) is 15.0 Å². The Morgan fingerprint density at radius 3 is 2.71 bits per heavy atom. The number of fused-ring (bicyclic) bond motifs is 5. The predicted molar refractivity (Wildman–Crippen MR) is 122 cm³/mol. The smallest absolute Gasteiger partial charge is 0.419 e. The molecule has 3 aromatic rings. The van der Waals surface area contributed by atoms with Gasteiger partial charge in [0.15, 0.2) is 0 Å². The Morgan fingerprint density at radius 1 is 1.18 bits per heavy atom. The van der Waals surface area contributed by atoms with Crippen molar-refractivity contribution in [2.75, 3.05) is 37.0 Å². The van der Waals surface area contributed by atoms with E-state index < -0.39 is 17.8 Å². The summed E-state index contributed by atoms with van der Waals surface area (Å²) in [5.74, 6) is 1.71. The van der Waals surface area contributed by atoms with Crippen LogP contribution in [0.5, 0.6) is 5.75 Å². The zero-order valence-electron chi connectivity index (χ0n) is 19.2. The van der Waals surface area contributed by atoms with Crippen LogP contribution < -0.4 is 15.0 Å². The summed E-state index contributed by atoms with van der Waals surface area (Å²) in [5.41, 5.74) is 0.339. The summed E-state index contributed by atoms with van der Waals surface area (Å²) in [4.78, 5) is 16.2. The monoisotopic (exact) mass is 473 g/mol. The minimum atomic E-state index is -4.52. The van der Waals surface area contributed by atoms with Gasteiger partial charge in [-0.1, -0.05) is 19.1 Å². The van der Waals surface area contributed by atoms with Gasteiger partial charge in [-0.15, -0.1) is 0 Å². The average Bonchev–Trinajstić information content (AvgIpc) is 2.78. The Bertz CT molecular complexity index is 1210. The Kier molecular flexibility index (Phi) is 5.71. The van der Waals surface area contributed by atoms with E-state index in [-0.39, 0.29) is 24.4 Å². The number of aromatic nitrogens is 3. The topological polar surface area (TPSA) is 72.4 Å². The van der Waals surface area contributed by atoms with Gasteiger partial charge in [0.05, 0.1) is 36.0 Å². The molecular weight excluding hydrogens is 447 g/mol. The third kappa shape index (κ3) is 4.11. The Labute approximate surface area is 195 Å². The first kappa shape index (κ1) is 22.6. The van der Waals surface area contributed by atoms with Crippen LogP contribution in [0.4, 0.5) is 24.8 Å². The van der Waals surface area contributed by atoms with Crippen LogP contribution in [0.15, 0.2) is 30.5 Å². The molecule has 1 N–H and O–H groups in total. The van der Waals surface area contributed by atoms with Gasteiger partial charge in [0, 0.05) is 37.1 Å². The van der Waals surface area contributed by atoms with Crippen molar-refractivity contribution in [3.8, 4) is 5.75 Å². The second kappa shape index (κ2) is 8.57. The maximum Gasteiger partial charge on any atom is 0.419 e. The Balaban J connectivity index is 1.59. The molecule has 180 valence electrons. The second-order valence-electron chi connectivity index (χ2n) is 8.88. The summed E-state index contributed by atoms with van der Waals surface area (Å²) in [6.45, 7) is 5.36. The van der Waals surface area contributed by atoms with Crippen molar-refractivity contribution in [3.05, 3.63) is 47.4 Å². The molecule has 0 radical (unpaired) electrons. The number of pyridine rings is 1. The number of benzene rings is 1. The van der Waals surface area contributed by atoms with E-state index in [0.717, 1.165) is 30.4 Å². The molecule has 0 saturated carbocycles. The SMILES string of the molecule is COC1CN(c2cc3c4nc(nc3cn2)[C@H](C)CCOc2c(cccc2C(F)(F)F)[C@@H](C)N4)C1. The lowest BCUT2D eigenvalue weighted by Crippen LogP contribution is -2.52. The molecular formula is C24H26F3N5O2. The number of halogens is 3. The number of rotatable bonds is 2. The molecule has 2 bridgehead atoms. The summed E-state index contributed by atoms with van der Waals surface area (Å²) in [6.07, 6.45) is -2.14. The molecule has 4 heterocycles. The highest BCUT2D eigenvalue weighted by molar-refractivity contribution is 5.90. The third-order valence-corrected chi connectivity index (χ3v) is 6.50. The first-order chi connectivity index (χ1) is 16.2.